The molecule has 4 heteroatoms. The maximum absolute atomic E-state index is 15.3. The van der Waals surface area contributed by atoms with Crippen LogP contribution in [0.3, 0.4) is 0 Å². The van der Waals surface area contributed by atoms with Crippen molar-refractivity contribution in [1.29, 1.82) is 0 Å². The first-order chi connectivity index (χ1) is 19.9. The second-order valence-corrected chi connectivity index (χ2v) is 12.0. The van der Waals surface area contributed by atoms with E-state index in [1.165, 1.54) is 38.5 Å². The number of rotatable bonds is 14. The molecule has 1 fully saturated rings. The van der Waals surface area contributed by atoms with Crippen molar-refractivity contribution in [3.63, 3.8) is 0 Å². The van der Waals surface area contributed by atoms with Crippen LogP contribution in [0.5, 0.6) is 0 Å². The number of benzene rings is 3. The highest BCUT2D eigenvalue weighted by Gasteiger charge is 2.26. The molecule has 41 heavy (non-hydrogen) atoms. The van der Waals surface area contributed by atoms with Gasteiger partial charge < -0.3 is 0 Å². The molecule has 0 unspecified atom stereocenters. The van der Waals surface area contributed by atoms with Crippen LogP contribution < -0.4 is 0 Å². The van der Waals surface area contributed by atoms with E-state index in [0.29, 0.717) is 34.6 Å². The summed E-state index contributed by atoms with van der Waals surface area (Å²) in [6.07, 6.45) is 16.2. The minimum absolute atomic E-state index is 0.0600. The predicted molar refractivity (Wildman–Crippen MR) is 163 cm³/mol. The van der Waals surface area contributed by atoms with E-state index in [-0.39, 0.29) is 17.0 Å². The number of hydrogen-bond donors (Lipinski definition) is 0. The third-order valence-corrected chi connectivity index (χ3v) is 9.08. The van der Waals surface area contributed by atoms with Crippen molar-refractivity contribution < 1.29 is 17.6 Å². The minimum Gasteiger partial charge on any atom is -0.203 e. The Balaban J connectivity index is 1.40. The smallest absolute Gasteiger partial charge is 0.166 e. The van der Waals surface area contributed by atoms with Crippen molar-refractivity contribution in [3.05, 3.63) is 82.9 Å². The van der Waals surface area contributed by atoms with Gasteiger partial charge in [0.2, 0.25) is 0 Å². The van der Waals surface area contributed by atoms with Crippen LogP contribution in [-0.4, -0.2) is 0 Å². The van der Waals surface area contributed by atoms with Crippen LogP contribution in [0.25, 0.3) is 22.3 Å². The van der Waals surface area contributed by atoms with Gasteiger partial charge in [-0.05, 0) is 72.6 Å². The molecule has 1 saturated carbocycles. The van der Waals surface area contributed by atoms with Crippen LogP contribution in [0.2, 0.25) is 0 Å². The van der Waals surface area contributed by atoms with Crippen molar-refractivity contribution in [2.45, 2.75) is 116 Å². The zero-order chi connectivity index (χ0) is 29.2. The Kier molecular flexibility index (Phi) is 11.9. The van der Waals surface area contributed by atoms with Gasteiger partial charge in [0.25, 0.3) is 0 Å². The topological polar surface area (TPSA) is 0 Å². The summed E-state index contributed by atoms with van der Waals surface area (Å²) in [7, 11) is 0. The Bertz CT molecular complexity index is 1240. The molecular weight excluding hydrogens is 520 g/mol. The van der Waals surface area contributed by atoms with Crippen molar-refractivity contribution in [1.82, 2.24) is 0 Å². The highest BCUT2D eigenvalue weighted by atomic mass is 19.2. The summed E-state index contributed by atoms with van der Waals surface area (Å²) in [5, 5.41) is 0. The van der Waals surface area contributed by atoms with Crippen molar-refractivity contribution in [2.75, 3.05) is 0 Å². The lowest BCUT2D eigenvalue weighted by Gasteiger charge is -2.29. The van der Waals surface area contributed by atoms with Gasteiger partial charge in [0, 0.05) is 11.1 Å². The molecule has 0 bridgehead atoms. The molecule has 1 aliphatic rings. The molecule has 0 spiro atoms. The van der Waals surface area contributed by atoms with E-state index in [1.807, 2.05) is 0 Å². The van der Waals surface area contributed by atoms with Gasteiger partial charge in [-0.1, -0.05) is 120 Å². The fourth-order valence-corrected chi connectivity index (χ4v) is 6.48. The van der Waals surface area contributed by atoms with Crippen molar-refractivity contribution in [3.8, 4) is 22.3 Å². The van der Waals surface area contributed by atoms with E-state index in [9.17, 15) is 8.78 Å². The maximum atomic E-state index is 15.3. The standard InChI is InChI=1S/C37H46F4/c1-3-5-7-9-10-12-26-14-16-27(17-15-26)32-24-25-33(37(41)36(32)40)29-20-18-28(19-21-29)31-23-22-30(34(38)35(31)39)13-11-8-6-4-2/h18-27H,3-17H2,1-2H3. The second-order valence-electron chi connectivity index (χ2n) is 12.0. The fraction of sp³-hybridized carbons (Fsp3) is 0.514. The Labute approximate surface area is 244 Å². The average molecular weight is 567 g/mol. The maximum Gasteiger partial charge on any atom is 0.166 e. The van der Waals surface area contributed by atoms with Crippen LogP contribution in [0, 0.1) is 29.2 Å². The summed E-state index contributed by atoms with van der Waals surface area (Å²) in [6, 6.07) is 13.2. The molecule has 4 rings (SSSR count). The fourth-order valence-electron chi connectivity index (χ4n) is 6.48. The van der Waals surface area contributed by atoms with E-state index >= 15 is 8.78 Å². The zero-order valence-corrected chi connectivity index (χ0v) is 24.9. The van der Waals surface area contributed by atoms with Crippen molar-refractivity contribution >= 4 is 0 Å². The summed E-state index contributed by atoms with van der Waals surface area (Å²) in [6.45, 7) is 4.34. The number of aryl methyl sites for hydroxylation is 1. The van der Waals surface area contributed by atoms with Gasteiger partial charge in [0.05, 0.1) is 0 Å². The van der Waals surface area contributed by atoms with Crippen LogP contribution in [0.4, 0.5) is 17.6 Å². The van der Waals surface area contributed by atoms with Crippen molar-refractivity contribution in [2.24, 2.45) is 5.92 Å². The summed E-state index contributed by atoms with van der Waals surface area (Å²) in [5.41, 5.74) is 2.25. The van der Waals surface area contributed by atoms with Crippen LogP contribution in [-0.2, 0) is 6.42 Å². The first-order valence-electron chi connectivity index (χ1n) is 16.0. The Morgan fingerprint density at radius 3 is 1.68 bits per heavy atom. The second kappa shape index (κ2) is 15.6. The van der Waals surface area contributed by atoms with E-state index in [1.54, 1.807) is 48.5 Å². The summed E-state index contributed by atoms with van der Waals surface area (Å²) >= 11 is 0. The number of unbranched alkanes of at least 4 members (excludes halogenated alkanes) is 7. The molecule has 0 amide bonds. The minimum atomic E-state index is -0.862. The van der Waals surface area contributed by atoms with Gasteiger partial charge in [-0.25, -0.2) is 17.6 Å². The predicted octanol–water partition coefficient (Wildman–Crippen LogP) is 12.3. The SMILES string of the molecule is CCCCCCCC1CCC(c2ccc(-c3ccc(-c4ccc(CCCCCC)c(F)c4F)cc3)c(F)c2F)CC1. The van der Waals surface area contributed by atoms with Gasteiger partial charge in [0.15, 0.2) is 23.3 Å². The molecule has 3 aromatic rings. The highest BCUT2D eigenvalue weighted by molar-refractivity contribution is 5.71. The third kappa shape index (κ3) is 8.02. The lowest BCUT2D eigenvalue weighted by Crippen LogP contribution is -2.15. The lowest BCUT2D eigenvalue weighted by atomic mass is 9.76. The normalized spacial score (nSPS) is 17.2. The molecular formula is C37H46F4. The highest BCUT2D eigenvalue weighted by Crippen LogP contribution is 2.40. The van der Waals surface area contributed by atoms with E-state index in [2.05, 4.69) is 13.8 Å². The average Bonchev–Trinajstić information content (AvgIpc) is 2.99. The lowest BCUT2D eigenvalue weighted by molar-refractivity contribution is 0.297. The zero-order valence-electron chi connectivity index (χ0n) is 24.9. The number of hydrogen-bond acceptors (Lipinski definition) is 0. The van der Waals surface area contributed by atoms with E-state index in [0.717, 1.165) is 51.4 Å². The molecule has 0 N–H and O–H groups in total. The molecule has 222 valence electrons. The van der Waals surface area contributed by atoms with Crippen LogP contribution >= 0.6 is 0 Å². The first-order valence-corrected chi connectivity index (χ1v) is 16.0. The quantitative estimate of drug-likeness (QED) is 0.134. The van der Waals surface area contributed by atoms with Gasteiger partial charge in [0.1, 0.15) is 0 Å². The third-order valence-electron chi connectivity index (χ3n) is 9.08. The largest absolute Gasteiger partial charge is 0.203 e. The molecule has 3 aromatic carbocycles. The monoisotopic (exact) mass is 566 g/mol. The van der Waals surface area contributed by atoms with Crippen LogP contribution in [0.15, 0.2) is 48.5 Å². The Morgan fingerprint density at radius 2 is 1.07 bits per heavy atom. The molecule has 0 aromatic heterocycles. The van der Waals surface area contributed by atoms with Gasteiger partial charge >= 0.3 is 0 Å². The molecule has 0 saturated heterocycles. The van der Waals surface area contributed by atoms with E-state index < -0.39 is 23.3 Å². The Hall–Kier alpha value is -2.62. The molecule has 0 radical (unpaired) electrons. The van der Waals surface area contributed by atoms with Crippen LogP contribution in [0.1, 0.15) is 121 Å². The first kappa shape index (κ1) is 31.3. The van der Waals surface area contributed by atoms with Gasteiger partial charge in [-0.15, -0.1) is 0 Å². The summed E-state index contributed by atoms with van der Waals surface area (Å²) in [4.78, 5) is 0. The van der Waals surface area contributed by atoms with Gasteiger partial charge in [-0.3, -0.25) is 0 Å². The Morgan fingerprint density at radius 1 is 0.537 bits per heavy atom. The van der Waals surface area contributed by atoms with Gasteiger partial charge in [-0.2, -0.15) is 0 Å². The molecule has 1 aliphatic carbocycles. The van der Waals surface area contributed by atoms with E-state index in [4.69, 9.17) is 0 Å². The molecule has 0 heterocycles. The number of halogens is 4. The molecule has 0 aliphatic heterocycles. The molecule has 0 nitrogen and oxygen atoms in total. The molecule has 0 atom stereocenters. The summed E-state index contributed by atoms with van der Waals surface area (Å²) in [5.74, 6) is -2.48. The summed E-state index contributed by atoms with van der Waals surface area (Å²) < 4.78 is 60.3.